The second-order valence-electron chi connectivity index (χ2n) is 15.0. The highest BCUT2D eigenvalue weighted by molar-refractivity contribution is 7.79. The van der Waals surface area contributed by atoms with Crippen LogP contribution in [0.4, 0.5) is 0 Å². The summed E-state index contributed by atoms with van der Waals surface area (Å²) in [4.78, 5) is 0. The van der Waals surface area contributed by atoms with Gasteiger partial charge in [0, 0.05) is 49.4 Å². The Labute approximate surface area is 350 Å². The number of aromatic nitrogens is 3. The lowest BCUT2D eigenvalue weighted by Crippen LogP contribution is -2.22. The van der Waals surface area contributed by atoms with Gasteiger partial charge < -0.3 is 13.7 Å². The molecule has 3 aromatic heterocycles. The van der Waals surface area contributed by atoms with E-state index in [9.17, 15) is 0 Å². The average Bonchev–Trinajstić information content (AvgIpc) is 3.96. The number of rotatable bonds is 6. The van der Waals surface area contributed by atoms with Gasteiger partial charge in [-0.25, -0.2) is 0 Å². The van der Waals surface area contributed by atoms with E-state index in [0.29, 0.717) is 0 Å². The number of benzene rings is 9. The van der Waals surface area contributed by atoms with Crippen LogP contribution < -0.4 is 15.9 Å². The molecule has 0 radical (unpaired) electrons. The predicted molar refractivity (Wildman–Crippen MR) is 260 cm³/mol. The fourth-order valence-corrected chi connectivity index (χ4v) is 11.7. The SMILES string of the molecule is CC.c1cc(-n2c3ccccc3c3ccccc32)cc(P(c2cccc(-n3c4ccccc4c4ccccc43)c2)c2cccc(-n3c4ccccc4c4ccccc43)c2)c1. The molecule has 286 valence electrons. The summed E-state index contributed by atoms with van der Waals surface area (Å²) in [6.07, 6.45) is 0. The summed E-state index contributed by atoms with van der Waals surface area (Å²) in [6, 6.07) is 80.5. The summed E-state index contributed by atoms with van der Waals surface area (Å²) in [5, 5.41) is 11.5. The van der Waals surface area contributed by atoms with Gasteiger partial charge in [-0.3, -0.25) is 0 Å². The molecule has 0 N–H and O–H groups in total. The fourth-order valence-electron chi connectivity index (χ4n) is 9.36. The van der Waals surface area contributed by atoms with Crippen LogP contribution in [0.25, 0.3) is 82.5 Å². The van der Waals surface area contributed by atoms with E-state index in [-0.39, 0.29) is 0 Å². The van der Waals surface area contributed by atoms with Gasteiger partial charge in [0.1, 0.15) is 0 Å². The van der Waals surface area contributed by atoms with Gasteiger partial charge in [0.05, 0.1) is 33.1 Å². The van der Waals surface area contributed by atoms with E-state index >= 15 is 0 Å². The van der Waals surface area contributed by atoms with Crippen molar-refractivity contribution < 1.29 is 0 Å². The van der Waals surface area contributed by atoms with Crippen molar-refractivity contribution in [3.63, 3.8) is 0 Å². The largest absolute Gasteiger partial charge is 0.309 e. The van der Waals surface area contributed by atoms with Gasteiger partial charge >= 0.3 is 0 Å². The molecule has 0 spiro atoms. The highest BCUT2D eigenvalue weighted by Gasteiger charge is 2.22. The predicted octanol–water partition coefficient (Wildman–Crippen LogP) is 13.8. The number of hydrogen-bond donors (Lipinski definition) is 0. The standard InChI is InChI=1S/C54H36N3P.C2H6/c1-7-28-49-43(22-1)44-23-2-8-29-50(44)55(49)37-16-13-19-40(34-37)58(41-20-14-17-38(35-41)56-51-30-9-3-24-45(51)46-25-4-10-31-52(46)56)42-21-15-18-39(36-42)57-53-32-11-5-26-47(53)48-27-6-12-33-54(48)57;1-2/h1-36H;1-2H3. The van der Waals surface area contributed by atoms with Gasteiger partial charge in [-0.2, -0.15) is 0 Å². The first-order valence-corrected chi connectivity index (χ1v) is 22.2. The zero-order valence-corrected chi connectivity index (χ0v) is 34.5. The van der Waals surface area contributed by atoms with Gasteiger partial charge in [-0.05, 0) is 96.6 Å². The first-order valence-electron chi connectivity index (χ1n) is 20.9. The minimum absolute atomic E-state index is 1.02. The Morgan fingerprint density at radius 2 is 0.467 bits per heavy atom. The Kier molecular flexibility index (Phi) is 8.91. The zero-order chi connectivity index (χ0) is 40.2. The minimum Gasteiger partial charge on any atom is -0.309 e. The van der Waals surface area contributed by atoms with Gasteiger partial charge in [0.25, 0.3) is 0 Å². The van der Waals surface area contributed by atoms with Crippen molar-refractivity contribution in [2.45, 2.75) is 13.8 Å². The molecule has 60 heavy (non-hydrogen) atoms. The van der Waals surface area contributed by atoms with E-state index in [1.165, 1.54) is 98.4 Å². The monoisotopic (exact) mass is 787 g/mol. The van der Waals surface area contributed by atoms with Gasteiger partial charge in [0.2, 0.25) is 0 Å². The Morgan fingerprint density at radius 1 is 0.250 bits per heavy atom. The lowest BCUT2D eigenvalue weighted by atomic mass is 10.2. The number of fused-ring (bicyclic) bond motifs is 9. The van der Waals surface area contributed by atoms with Crippen LogP contribution in [0, 0.1) is 0 Å². The van der Waals surface area contributed by atoms with E-state index in [4.69, 9.17) is 0 Å². The molecule has 0 aliphatic carbocycles. The summed E-state index contributed by atoms with van der Waals surface area (Å²) in [7, 11) is -1.02. The molecule has 0 atom stereocenters. The number of hydrogen-bond acceptors (Lipinski definition) is 0. The molecular formula is C56H42N3P. The second kappa shape index (κ2) is 14.9. The van der Waals surface area contributed by atoms with Crippen molar-refractivity contribution in [1.82, 2.24) is 13.7 Å². The first-order chi connectivity index (χ1) is 29.8. The van der Waals surface area contributed by atoms with Crippen molar-refractivity contribution in [3.05, 3.63) is 218 Å². The second-order valence-corrected chi connectivity index (χ2v) is 17.2. The summed E-state index contributed by atoms with van der Waals surface area (Å²) in [6.45, 7) is 4.00. The maximum atomic E-state index is 2.44. The fraction of sp³-hybridized carbons (Fsp3) is 0.0357. The normalized spacial score (nSPS) is 11.7. The first kappa shape index (κ1) is 35.9. The van der Waals surface area contributed by atoms with Crippen LogP contribution >= 0.6 is 7.92 Å². The lowest BCUT2D eigenvalue weighted by Gasteiger charge is -2.23. The molecule has 0 saturated heterocycles. The van der Waals surface area contributed by atoms with Crippen LogP contribution in [0.15, 0.2) is 218 Å². The molecule has 0 saturated carbocycles. The smallest absolute Gasteiger partial charge is 0.0541 e. The Bertz CT molecular complexity index is 3010. The molecule has 12 aromatic rings. The van der Waals surface area contributed by atoms with Crippen molar-refractivity contribution in [2.75, 3.05) is 0 Å². The minimum atomic E-state index is -1.02. The highest BCUT2D eigenvalue weighted by Crippen LogP contribution is 2.39. The van der Waals surface area contributed by atoms with E-state index in [1.807, 2.05) is 13.8 Å². The molecular weight excluding hydrogens is 746 g/mol. The number of para-hydroxylation sites is 6. The van der Waals surface area contributed by atoms with Gasteiger partial charge in [-0.15, -0.1) is 0 Å². The molecule has 0 aliphatic rings. The molecule has 0 amide bonds. The van der Waals surface area contributed by atoms with Crippen LogP contribution in [0.2, 0.25) is 0 Å². The topological polar surface area (TPSA) is 14.8 Å². The van der Waals surface area contributed by atoms with Gasteiger partial charge in [-0.1, -0.05) is 159 Å². The molecule has 0 bridgehead atoms. The van der Waals surface area contributed by atoms with Crippen LogP contribution in [0.5, 0.6) is 0 Å². The van der Waals surface area contributed by atoms with Crippen LogP contribution in [0.1, 0.15) is 13.8 Å². The molecule has 4 heteroatoms. The van der Waals surface area contributed by atoms with E-state index in [1.54, 1.807) is 0 Å². The molecule has 3 heterocycles. The summed E-state index contributed by atoms with van der Waals surface area (Å²) < 4.78 is 7.31. The molecule has 9 aromatic carbocycles. The van der Waals surface area contributed by atoms with Gasteiger partial charge in [0.15, 0.2) is 0 Å². The molecule has 0 fully saturated rings. The summed E-state index contributed by atoms with van der Waals surface area (Å²) in [5.41, 5.74) is 10.8. The maximum absolute atomic E-state index is 2.44. The van der Waals surface area contributed by atoms with Crippen LogP contribution in [0.3, 0.4) is 0 Å². The van der Waals surface area contributed by atoms with Crippen LogP contribution in [-0.4, -0.2) is 13.7 Å². The van der Waals surface area contributed by atoms with Crippen molar-refractivity contribution in [1.29, 1.82) is 0 Å². The van der Waals surface area contributed by atoms with E-state index in [0.717, 1.165) is 0 Å². The van der Waals surface area contributed by atoms with Crippen molar-refractivity contribution in [2.24, 2.45) is 0 Å². The Morgan fingerprint density at radius 3 is 0.700 bits per heavy atom. The third kappa shape index (κ3) is 5.69. The third-order valence-electron chi connectivity index (χ3n) is 11.8. The quantitative estimate of drug-likeness (QED) is 0.149. The molecule has 12 rings (SSSR count). The summed E-state index contributed by atoms with van der Waals surface area (Å²) >= 11 is 0. The Balaban J connectivity index is 0.00000201. The highest BCUT2D eigenvalue weighted by atomic mass is 31.1. The molecule has 3 nitrogen and oxygen atoms in total. The summed E-state index contributed by atoms with van der Waals surface area (Å²) in [5.74, 6) is 0. The third-order valence-corrected chi connectivity index (χ3v) is 14.2. The maximum Gasteiger partial charge on any atom is 0.0541 e. The van der Waals surface area contributed by atoms with Crippen molar-refractivity contribution >= 4 is 89.3 Å². The van der Waals surface area contributed by atoms with Crippen LogP contribution in [-0.2, 0) is 0 Å². The van der Waals surface area contributed by atoms with Crippen molar-refractivity contribution in [3.8, 4) is 17.1 Å². The van der Waals surface area contributed by atoms with E-state index < -0.39 is 7.92 Å². The number of nitrogens with zero attached hydrogens (tertiary/aromatic N) is 3. The lowest BCUT2D eigenvalue weighted by molar-refractivity contribution is 1.18. The zero-order valence-electron chi connectivity index (χ0n) is 33.6. The molecule has 0 aliphatic heterocycles. The molecule has 0 unspecified atom stereocenters. The Hall–Kier alpha value is -7.19. The average molecular weight is 788 g/mol. The van der Waals surface area contributed by atoms with E-state index in [2.05, 4.69) is 232 Å².